The molecule has 0 heterocycles. The summed E-state index contributed by atoms with van der Waals surface area (Å²) in [6.07, 6.45) is 0. The van der Waals surface area contributed by atoms with Crippen LogP contribution in [0, 0.1) is 0 Å². The number of nitrogens with zero attached hydrogens (tertiary/aromatic N) is 1. The van der Waals surface area contributed by atoms with Gasteiger partial charge in [-0.2, -0.15) is 0 Å². The lowest BCUT2D eigenvalue weighted by atomic mass is 9.70. The molecule has 62 heavy (non-hydrogen) atoms. The normalized spacial score (nSPS) is 12.6. The van der Waals surface area contributed by atoms with Crippen molar-refractivity contribution in [3.63, 3.8) is 0 Å². The van der Waals surface area contributed by atoms with E-state index in [1.54, 1.807) is 0 Å². The van der Waals surface area contributed by atoms with Gasteiger partial charge in [0.1, 0.15) is 0 Å². The molecule has 0 N–H and O–H groups in total. The van der Waals surface area contributed by atoms with Crippen LogP contribution in [0.4, 0.5) is 17.1 Å². The minimum absolute atomic E-state index is 0.506. The Labute approximate surface area is 363 Å². The first-order valence-electron chi connectivity index (χ1n) is 21.5. The van der Waals surface area contributed by atoms with E-state index in [0.717, 1.165) is 17.1 Å². The molecular weight excluding hydrogens is 747 g/mol. The second-order valence-electron chi connectivity index (χ2n) is 16.4. The molecule has 0 aliphatic heterocycles. The zero-order chi connectivity index (χ0) is 41.0. The Hall–Kier alpha value is -8.00. The topological polar surface area (TPSA) is 3.24 Å². The highest BCUT2D eigenvalue weighted by Crippen LogP contribution is 2.63. The van der Waals surface area contributed by atoms with Gasteiger partial charge in [-0.05, 0) is 131 Å². The van der Waals surface area contributed by atoms with Crippen molar-refractivity contribution in [1.29, 1.82) is 0 Å². The SMILES string of the molecule is c1ccc(-c2ccc(-c3ccc4c(c3)C3(c5ccccc5-c5ccccc53)c3cc(N(c5ccc(-c6ccccc6)cc5)c5ccc(-c6ccccc6)cc5)ccc3-4)cc2)cc1. The first kappa shape index (κ1) is 35.9. The maximum absolute atomic E-state index is 2.48. The van der Waals surface area contributed by atoms with Crippen molar-refractivity contribution in [2.45, 2.75) is 5.41 Å². The third-order valence-electron chi connectivity index (χ3n) is 13.1. The van der Waals surface area contributed by atoms with Crippen LogP contribution in [0.5, 0.6) is 0 Å². The number of rotatable bonds is 7. The lowest BCUT2D eigenvalue weighted by Gasteiger charge is -2.32. The predicted molar refractivity (Wildman–Crippen MR) is 259 cm³/mol. The molecule has 290 valence electrons. The lowest BCUT2D eigenvalue weighted by molar-refractivity contribution is 0.794. The minimum Gasteiger partial charge on any atom is -0.310 e. The van der Waals surface area contributed by atoms with Crippen molar-refractivity contribution < 1.29 is 0 Å². The first-order valence-corrected chi connectivity index (χ1v) is 21.5. The maximum atomic E-state index is 2.48. The summed E-state index contributed by atoms with van der Waals surface area (Å²) in [5.74, 6) is 0. The molecule has 10 aromatic carbocycles. The largest absolute Gasteiger partial charge is 0.310 e. The van der Waals surface area contributed by atoms with E-state index in [1.807, 2.05) is 0 Å². The molecule has 1 heteroatoms. The average Bonchev–Trinajstić information content (AvgIpc) is 3.82. The molecule has 0 saturated heterocycles. The van der Waals surface area contributed by atoms with Crippen LogP contribution in [-0.4, -0.2) is 0 Å². The Balaban J connectivity index is 1.05. The lowest BCUT2D eigenvalue weighted by Crippen LogP contribution is -2.26. The van der Waals surface area contributed by atoms with Crippen LogP contribution in [0.3, 0.4) is 0 Å². The monoisotopic (exact) mass is 787 g/mol. The quantitative estimate of drug-likeness (QED) is 0.155. The molecule has 2 aliphatic rings. The minimum atomic E-state index is -0.506. The van der Waals surface area contributed by atoms with Crippen LogP contribution in [-0.2, 0) is 5.41 Å². The summed E-state index contributed by atoms with van der Waals surface area (Å²) in [6.45, 7) is 0. The predicted octanol–water partition coefficient (Wildman–Crippen LogP) is 16.2. The van der Waals surface area contributed by atoms with Gasteiger partial charge in [0.25, 0.3) is 0 Å². The fourth-order valence-corrected chi connectivity index (χ4v) is 10.2. The number of hydrogen-bond acceptors (Lipinski definition) is 1. The van der Waals surface area contributed by atoms with E-state index >= 15 is 0 Å². The van der Waals surface area contributed by atoms with E-state index in [-0.39, 0.29) is 0 Å². The second-order valence-corrected chi connectivity index (χ2v) is 16.4. The molecule has 0 unspecified atom stereocenters. The zero-order valence-corrected chi connectivity index (χ0v) is 34.1. The summed E-state index contributed by atoms with van der Waals surface area (Å²) >= 11 is 0. The molecule has 0 bridgehead atoms. The van der Waals surface area contributed by atoms with Gasteiger partial charge in [0.15, 0.2) is 0 Å². The highest BCUT2D eigenvalue weighted by molar-refractivity contribution is 5.97. The van der Waals surface area contributed by atoms with E-state index in [4.69, 9.17) is 0 Å². The molecule has 0 aromatic heterocycles. The van der Waals surface area contributed by atoms with E-state index in [9.17, 15) is 0 Å². The molecule has 12 rings (SSSR count). The van der Waals surface area contributed by atoms with Gasteiger partial charge in [0, 0.05) is 17.1 Å². The van der Waals surface area contributed by atoms with Gasteiger partial charge >= 0.3 is 0 Å². The molecule has 0 saturated carbocycles. The molecule has 0 fully saturated rings. The van der Waals surface area contributed by atoms with Crippen molar-refractivity contribution in [1.82, 2.24) is 0 Å². The third kappa shape index (κ3) is 5.70. The summed E-state index contributed by atoms with van der Waals surface area (Å²) in [6, 6.07) is 91.5. The van der Waals surface area contributed by atoms with Crippen LogP contribution >= 0.6 is 0 Å². The standard InChI is InChI=1S/C61H41N/c1-4-14-42(15-5-1)45-24-26-48(27-25-45)49-32-38-55-56-39-37-52(41-60(56)61(59(55)40-49)57-22-12-10-20-53(57)54-21-11-13-23-58(54)61)62(50-33-28-46(29-34-50)43-16-6-2-7-17-43)51-35-30-47(31-36-51)44-18-8-3-9-19-44/h1-41H. The van der Waals surface area contributed by atoms with Gasteiger partial charge < -0.3 is 4.90 Å². The van der Waals surface area contributed by atoms with Crippen molar-refractivity contribution >= 4 is 17.1 Å². The van der Waals surface area contributed by atoms with E-state index in [2.05, 4.69) is 254 Å². The van der Waals surface area contributed by atoms with E-state index < -0.39 is 5.41 Å². The Morgan fingerprint density at radius 3 is 0.984 bits per heavy atom. The molecule has 2 aliphatic carbocycles. The number of anilines is 3. The van der Waals surface area contributed by atoms with E-state index in [0.29, 0.717) is 0 Å². The molecule has 1 nitrogen and oxygen atoms in total. The fraction of sp³-hybridized carbons (Fsp3) is 0.0164. The Morgan fingerprint density at radius 2 is 0.516 bits per heavy atom. The highest BCUT2D eigenvalue weighted by Gasteiger charge is 2.52. The van der Waals surface area contributed by atoms with Gasteiger partial charge in [-0.15, -0.1) is 0 Å². The van der Waals surface area contributed by atoms with Gasteiger partial charge in [0.05, 0.1) is 5.41 Å². The molecular formula is C61H41N. The van der Waals surface area contributed by atoms with Crippen molar-refractivity contribution in [3.05, 3.63) is 271 Å². The Morgan fingerprint density at radius 1 is 0.210 bits per heavy atom. The van der Waals surface area contributed by atoms with Crippen molar-refractivity contribution in [2.24, 2.45) is 0 Å². The fourth-order valence-electron chi connectivity index (χ4n) is 10.2. The average molecular weight is 788 g/mol. The highest BCUT2D eigenvalue weighted by atomic mass is 15.1. The first-order chi connectivity index (χ1) is 30.7. The van der Waals surface area contributed by atoms with Gasteiger partial charge in [-0.25, -0.2) is 0 Å². The Bertz CT molecular complexity index is 3110. The summed E-state index contributed by atoms with van der Waals surface area (Å²) in [4.78, 5) is 2.42. The Kier molecular flexibility index (Phi) is 8.47. The van der Waals surface area contributed by atoms with Gasteiger partial charge in [0.2, 0.25) is 0 Å². The summed E-state index contributed by atoms with van der Waals surface area (Å²) in [5, 5.41) is 0. The summed E-state index contributed by atoms with van der Waals surface area (Å²) in [7, 11) is 0. The van der Waals surface area contributed by atoms with E-state index in [1.165, 1.54) is 89.0 Å². The van der Waals surface area contributed by atoms with Crippen LogP contribution in [0.2, 0.25) is 0 Å². The molecule has 0 radical (unpaired) electrons. The van der Waals surface area contributed by atoms with Gasteiger partial charge in [-0.3, -0.25) is 0 Å². The number of fused-ring (bicyclic) bond motifs is 10. The van der Waals surface area contributed by atoms with Crippen LogP contribution in [0.1, 0.15) is 22.3 Å². The number of benzene rings is 10. The molecule has 0 amide bonds. The molecule has 0 atom stereocenters. The summed E-state index contributed by atoms with van der Waals surface area (Å²) < 4.78 is 0. The van der Waals surface area contributed by atoms with Crippen LogP contribution < -0.4 is 4.90 Å². The smallest absolute Gasteiger partial charge is 0.0726 e. The third-order valence-corrected chi connectivity index (χ3v) is 13.1. The van der Waals surface area contributed by atoms with Gasteiger partial charge in [-0.1, -0.05) is 206 Å². The molecule has 10 aromatic rings. The maximum Gasteiger partial charge on any atom is 0.0726 e. The summed E-state index contributed by atoms with van der Waals surface area (Å²) in [5.41, 5.74) is 23.0. The second kappa shape index (κ2) is 14.6. The zero-order valence-electron chi connectivity index (χ0n) is 34.1. The number of hydrogen-bond donors (Lipinski definition) is 0. The van der Waals surface area contributed by atoms with Crippen LogP contribution in [0.15, 0.2) is 249 Å². The molecule has 1 spiro atoms. The van der Waals surface area contributed by atoms with Crippen molar-refractivity contribution in [2.75, 3.05) is 4.90 Å². The van der Waals surface area contributed by atoms with Crippen LogP contribution in [0.25, 0.3) is 66.8 Å². The van der Waals surface area contributed by atoms with Crippen molar-refractivity contribution in [3.8, 4) is 66.8 Å².